The van der Waals surface area contributed by atoms with E-state index < -0.39 is 34.5 Å². The third-order valence-corrected chi connectivity index (χ3v) is 9.57. The molecule has 13 nitrogen and oxygen atoms in total. The number of carbonyl (C=O) groups excluding carboxylic acids is 2. The summed E-state index contributed by atoms with van der Waals surface area (Å²) < 4.78 is 30.9. The van der Waals surface area contributed by atoms with Gasteiger partial charge in [-0.15, -0.1) is 4.83 Å². The average Bonchev–Trinajstić information content (AvgIpc) is 3.29. The fourth-order valence-electron chi connectivity index (χ4n) is 5.50. The Morgan fingerprint density at radius 2 is 1.55 bits per heavy atom. The number of hydrogen-bond acceptors (Lipinski definition) is 9. The van der Waals surface area contributed by atoms with Crippen LogP contribution in [0.5, 0.6) is 0 Å². The SMILES string of the molecule is Cc1noc(C)c1S(=O)(=O)NN(C(=O)CNC(=O)C(CCC1CCNCC1)CCC1CCNCC1)C(C)C(=O)O. The van der Waals surface area contributed by atoms with Crippen LogP contribution in [0.3, 0.4) is 0 Å². The topological polar surface area (TPSA) is 183 Å². The predicted octanol–water partition coefficient (Wildman–Crippen LogP) is 1.08. The molecule has 0 aliphatic carbocycles. The molecule has 1 aromatic rings. The third-order valence-electron chi connectivity index (χ3n) is 8.02. The van der Waals surface area contributed by atoms with Crippen molar-refractivity contribution in [3.63, 3.8) is 0 Å². The number of sulfonamides is 1. The highest BCUT2D eigenvalue weighted by molar-refractivity contribution is 7.89. The summed E-state index contributed by atoms with van der Waals surface area (Å²) in [6.07, 6.45) is 7.59. The summed E-state index contributed by atoms with van der Waals surface area (Å²) in [6, 6.07) is -1.53. The van der Waals surface area contributed by atoms with Crippen molar-refractivity contribution in [2.75, 3.05) is 32.7 Å². The number of carbonyl (C=O) groups is 3. The Labute approximate surface area is 236 Å². The van der Waals surface area contributed by atoms with Crippen molar-refractivity contribution < 1.29 is 32.4 Å². The summed E-state index contributed by atoms with van der Waals surface area (Å²) >= 11 is 0. The number of piperidine rings is 2. The zero-order valence-electron chi connectivity index (χ0n) is 23.7. The highest BCUT2D eigenvalue weighted by atomic mass is 32.2. The molecule has 1 unspecified atom stereocenters. The van der Waals surface area contributed by atoms with Crippen LogP contribution in [-0.2, 0) is 24.4 Å². The lowest BCUT2D eigenvalue weighted by atomic mass is 9.84. The number of aryl methyl sites for hydroxylation is 2. The van der Waals surface area contributed by atoms with Crippen LogP contribution in [0.15, 0.2) is 9.42 Å². The molecule has 2 amide bonds. The van der Waals surface area contributed by atoms with Gasteiger partial charge in [0, 0.05) is 5.92 Å². The van der Waals surface area contributed by atoms with E-state index in [-0.39, 0.29) is 28.2 Å². The van der Waals surface area contributed by atoms with E-state index in [1.165, 1.54) is 20.8 Å². The quantitative estimate of drug-likeness (QED) is 0.198. The largest absolute Gasteiger partial charge is 0.480 e. The van der Waals surface area contributed by atoms with Crippen molar-refractivity contribution in [3.05, 3.63) is 11.5 Å². The minimum atomic E-state index is -4.39. The number of carboxylic acids is 1. The Kier molecular flexibility index (Phi) is 11.9. The fraction of sp³-hybridized carbons (Fsp3) is 0.769. The molecule has 14 heteroatoms. The van der Waals surface area contributed by atoms with Gasteiger partial charge in [0.15, 0.2) is 5.76 Å². The van der Waals surface area contributed by atoms with E-state index in [0.29, 0.717) is 29.7 Å². The Balaban J connectivity index is 1.66. The van der Waals surface area contributed by atoms with Crippen molar-refractivity contribution in [1.29, 1.82) is 0 Å². The molecule has 0 aromatic carbocycles. The maximum atomic E-state index is 13.3. The van der Waals surface area contributed by atoms with Gasteiger partial charge in [-0.25, -0.2) is 18.2 Å². The molecule has 2 fully saturated rings. The zero-order chi connectivity index (χ0) is 29.3. The van der Waals surface area contributed by atoms with Crippen LogP contribution in [0, 0.1) is 31.6 Å². The van der Waals surface area contributed by atoms with Gasteiger partial charge in [0.1, 0.15) is 16.6 Å². The number of aliphatic carboxylic acids is 1. The van der Waals surface area contributed by atoms with E-state index in [1.54, 1.807) is 0 Å². The number of nitrogens with one attached hydrogen (secondary N) is 4. The Hall–Kier alpha value is -2.55. The molecule has 226 valence electrons. The number of rotatable bonds is 14. The van der Waals surface area contributed by atoms with Gasteiger partial charge in [-0.2, -0.15) is 0 Å². The average molecular weight is 585 g/mol. The molecule has 2 aliphatic heterocycles. The number of hydrazine groups is 1. The summed E-state index contributed by atoms with van der Waals surface area (Å²) in [7, 11) is -4.39. The summed E-state index contributed by atoms with van der Waals surface area (Å²) in [6.45, 7) is 7.37. The zero-order valence-corrected chi connectivity index (χ0v) is 24.5. The van der Waals surface area contributed by atoms with Crippen LogP contribution < -0.4 is 20.8 Å². The van der Waals surface area contributed by atoms with E-state index >= 15 is 0 Å². The van der Waals surface area contributed by atoms with Crippen LogP contribution in [0.1, 0.15) is 69.7 Å². The molecule has 3 heterocycles. The molecule has 0 spiro atoms. The Morgan fingerprint density at radius 1 is 1.02 bits per heavy atom. The maximum absolute atomic E-state index is 13.3. The number of nitrogens with zero attached hydrogens (tertiary/aromatic N) is 2. The first-order chi connectivity index (χ1) is 19.0. The molecule has 0 radical (unpaired) electrons. The van der Waals surface area contributed by atoms with E-state index in [2.05, 4.69) is 25.9 Å². The van der Waals surface area contributed by atoms with E-state index in [0.717, 1.165) is 64.7 Å². The first kappa shape index (κ1) is 32.0. The second-order valence-electron chi connectivity index (χ2n) is 11.0. The second kappa shape index (κ2) is 14.9. The summed E-state index contributed by atoms with van der Waals surface area (Å²) in [5.74, 6) is -1.74. The van der Waals surface area contributed by atoms with Crippen LogP contribution in [-0.4, -0.2) is 80.2 Å². The van der Waals surface area contributed by atoms with E-state index in [9.17, 15) is 27.9 Å². The number of hydrogen-bond donors (Lipinski definition) is 5. The normalized spacial score (nSPS) is 18.0. The lowest BCUT2D eigenvalue weighted by Crippen LogP contribution is -2.56. The van der Waals surface area contributed by atoms with Crippen molar-refractivity contribution in [2.24, 2.45) is 17.8 Å². The summed E-state index contributed by atoms with van der Waals surface area (Å²) in [4.78, 5) is 39.9. The monoisotopic (exact) mass is 584 g/mol. The molecule has 1 aromatic heterocycles. The Morgan fingerprint density at radius 3 is 2.00 bits per heavy atom. The predicted molar refractivity (Wildman–Crippen MR) is 146 cm³/mol. The van der Waals surface area contributed by atoms with Gasteiger partial charge in [0.05, 0.1) is 6.54 Å². The molecule has 3 rings (SSSR count). The highest BCUT2D eigenvalue weighted by Gasteiger charge is 2.34. The van der Waals surface area contributed by atoms with Gasteiger partial charge in [0.2, 0.25) is 5.91 Å². The van der Waals surface area contributed by atoms with Crippen molar-refractivity contribution >= 4 is 27.8 Å². The highest BCUT2D eigenvalue weighted by Crippen LogP contribution is 2.27. The van der Waals surface area contributed by atoms with Crippen LogP contribution in [0.2, 0.25) is 0 Å². The number of carboxylic acid groups (broad SMARTS) is 1. The minimum absolute atomic E-state index is 0.000911. The molecular formula is C26H44N6O7S. The third kappa shape index (κ3) is 8.98. The number of aromatic nitrogens is 1. The minimum Gasteiger partial charge on any atom is -0.480 e. The van der Waals surface area contributed by atoms with Crippen LogP contribution >= 0.6 is 0 Å². The van der Waals surface area contributed by atoms with Gasteiger partial charge in [-0.1, -0.05) is 5.16 Å². The van der Waals surface area contributed by atoms with Crippen molar-refractivity contribution in [1.82, 2.24) is 30.9 Å². The van der Waals surface area contributed by atoms with Gasteiger partial charge >= 0.3 is 5.97 Å². The second-order valence-corrected chi connectivity index (χ2v) is 12.6. The molecule has 0 bridgehead atoms. The molecule has 1 atom stereocenters. The first-order valence-electron chi connectivity index (χ1n) is 14.2. The van der Waals surface area contributed by atoms with Gasteiger partial charge in [-0.05, 0) is 110 Å². The lowest BCUT2D eigenvalue weighted by Gasteiger charge is -2.28. The summed E-state index contributed by atoms with van der Waals surface area (Å²) in [5, 5.41) is 23.0. The standard InChI is InChI=1S/C26H44N6O7S/c1-17-24(19(3)39-30-17)40(37,38)31-32(18(2)26(35)36)23(33)16-29-25(34)22(6-4-20-8-12-27-13-9-20)7-5-21-10-14-28-15-11-21/h18,20-22,27-28,31H,4-16H2,1-3H3,(H,29,34)(H,35,36). The smallest absolute Gasteiger partial charge is 0.327 e. The molecule has 40 heavy (non-hydrogen) atoms. The Bertz CT molecular complexity index is 1070. The molecule has 2 saturated heterocycles. The molecule has 0 saturated carbocycles. The van der Waals surface area contributed by atoms with Crippen LogP contribution in [0.4, 0.5) is 0 Å². The molecule has 5 N–H and O–H groups in total. The summed E-state index contributed by atoms with van der Waals surface area (Å²) in [5.41, 5.74) is 0.0685. The van der Waals surface area contributed by atoms with Gasteiger partial charge < -0.3 is 25.6 Å². The van der Waals surface area contributed by atoms with Gasteiger partial charge in [-0.3, -0.25) is 9.59 Å². The number of amides is 2. The molecule has 2 aliphatic rings. The van der Waals surface area contributed by atoms with Crippen molar-refractivity contribution in [3.8, 4) is 0 Å². The lowest BCUT2D eigenvalue weighted by molar-refractivity contribution is -0.150. The molecular weight excluding hydrogens is 540 g/mol. The van der Waals surface area contributed by atoms with E-state index in [1.807, 2.05) is 0 Å². The fourth-order valence-corrected chi connectivity index (χ4v) is 6.96. The first-order valence-corrected chi connectivity index (χ1v) is 15.7. The van der Waals surface area contributed by atoms with Crippen LogP contribution in [0.25, 0.3) is 0 Å². The van der Waals surface area contributed by atoms with Gasteiger partial charge in [0.25, 0.3) is 15.9 Å². The maximum Gasteiger partial charge on any atom is 0.327 e. The van der Waals surface area contributed by atoms with E-state index in [4.69, 9.17) is 4.52 Å². The van der Waals surface area contributed by atoms with Crippen molar-refractivity contribution in [2.45, 2.75) is 83.1 Å².